The van der Waals surface area contributed by atoms with E-state index in [9.17, 15) is 18.8 Å². The van der Waals surface area contributed by atoms with Crippen LogP contribution in [-0.4, -0.2) is 30.8 Å². The number of esters is 1. The fourth-order valence-corrected chi connectivity index (χ4v) is 4.70. The zero-order valence-corrected chi connectivity index (χ0v) is 22.1. The number of benzene rings is 4. The molecule has 40 heavy (non-hydrogen) atoms. The second kappa shape index (κ2) is 12.1. The van der Waals surface area contributed by atoms with Crippen molar-refractivity contribution in [2.75, 3.05) is 18.1 Å². The van der Waals surface area contributed by atoms with Crippen molar-refractivity contribution >= 4 is 34.9 Å². The summed E-state index contributed by atoms with van der Waals surface area (Å²) in [6.45, 7) is -0.299. The van der Waals surface area contributed by atoms with Crippen LogP contribution in [0.5, 0.6) is 5.75 Å². The summed E-state index contributed by atoms with van der Waals surface area (Å²) in [6.07, 6.45) is -0.0111. The van der Waals surface area contributed by atoms with E-state index >= 15 is 0 Å². The number of nitrogens with zero attached hydrogens (tertiary/aromatic N) is 1. The van der Waals surface area contributed by atoms with Crippen LogP contribution in [0.2, 0.25) is 5.02 Å². The fraction of sp³-hybridized carbons (Fsp3) is 0.156. The molecule has 0 aromatic heterocycles. The highest BCUT2D eigenvalue weighted by molar-refractivity contribution is 6.31. The van der Waals surface area contributed by atoms with Crippen LogP contribution in [0.4, 0.5) is 10.1 Å². The zero-order chi connectivity index (χ0) is 28.1. The van der Waals surface area contributed by atoms with Gasteiger partial charge < -0.3 is 14.4 Å². The molecule has 0 bridgehead atoms. The summed E-state index contributed by atoms with van der Waals surface area (Å²) in [7, 11) is 0. The molecule has 1 fully saturated rings. The van der Waals surface area contributed by atoms with E-state index < -0.39 is 24.3 Å². The van der Waals surface area contributed by atoms with Gasteiger partial charge in [-0.05, 0) is 47.5 Å². The number of carbonyl (C=O) groups is 3. The Morgan fingerprint density at radius 3 is 2.27 bits per heavy atom. The van der Waals surface area contributed by atoms with Crippen molar-refractivity contribution in [1.29, 1.82) is 0 Å². The highest BCUT2D eigenvalue weighted by atomic mass is 35.5. The molecule has 1 amide bonds. The largest absolute Gasteiger partial charge is 0.489 e. The van der Waals surface area contributed by atoms with Gasteiger partial charge in [0.2, 0.25) is 5.91 Å². The average molecular weight is 558 g/mol. The first-order chi connectivity index (χ1) is 19.4. The maximum absolute atomic E-state index is 14.0. The van der Waals surface area contributed by atoms with Crippen LogP contribution in [0.25, 0.3) is 11.1 Å². The second-order valence-corrected chi connectivity index (χ2v) is 9.77. The monoisotopic (exact) mass is 557 g/mol. The number of hydrogen-bond donors (Lipinski definition) is 0. The van der Waals surface area contributed by atoms with Gasteiger partial charge in [0.1, 0.15) is 18.2 Å². The van der Waals surface area contributed by atoms with Crippen molar-refractivity contribution in [3.05, 3.63) is 119 Å². The summed E-state index contributed by atoms with van der Waals surface area (Å²) in [6, 6.07) is 28.0. The summed E-state index contributed by atoms with van der Waals surface area (Å²) < 4.78 is 24.9. The molecule has 0 unspecified atom stereocenters. The van der Waals surface area contributed by atoms with Crippen molar-refractivity contribution in [2.24, 2.45) is 5.92 Å². The smallest absolute Gasteiger partial charge is 0.311 e. The first-order valence-corrected chi connectivity index (χ1v) is 13.1. The minimum atomic E-state index is -0.681. The van der Waals surface area contributed by atoms with E-state index in [-0.39, 0.29) is 41.8 Å². The molecular weight excluding hydrogens is 533 g/mol. The number of halogens is 2. The van der Waals surface area contributed by atoms with E-state index in [0.717, 1.165) is 11.1 Å². The van der Waals surface area contributed by atoms with E-state index in [2.05, 4.69) is 0 Å². The van der Waals surface area contributed by atoms with Gasteiger partial charge in [-0.25, -0.2) is 4.39 Å². The molecule has 6 nitrogen and oxygen atoms in total. The van der Waals surface area contributed by atoms with Crippen molar-refractivity contribution < 1.29 is 28.2 Å². The van der Waals surface area contributed by atoms with E-state index in [1.165, 1.54) is 17.0 Å². The summed E-state index contributed by atoms with van der Waals surface area (Å²) >= 11 is 6.04. The molecule has 0 saturated carbocycles. The molecule has 0 N–H and O–H groups in total. The second-order valence-electron chi connectivity index (χ2n) is 9.36. The Morgan fingerprint density at radius 1 is 0.875 bits per heavy atom. The molecule has 1 heterocycles. The van der Waals surface area contributed by atoms with Gasteiger partial charge in [0.05, 0.1) is 10.9 Å². The first kappa shape index (κ1) is 27.1. The lowest BCUT2D eigenvalue weighted by Gasteiger charge is -2.17. The van der Waals surface area contributed by atoms with Gasteiger partial charge in [0.15, 0.2) is 12.4 Å². The SMILES string of the molecule is O=C(COC(=O)[C@@H]1CC(=O)N(c2ccc(OCc3c(F)cccc3Cl)cc2)C1)c1ccc(-c2ccccc2)cc1. The van der Waals surface area contributed by atoms with Crippen LogP contribution >= 0.6 is 11.6 Å². The van der Waals surface area contributed by atoms with Gasteiger partial charge in [-0.1, -0.05) is 72.3 Å². The van der Waals surface area contributed by atoms with Crippen molar-refractivity contribution in [3.63, 3.8) is 0 Å². The first-order valence-electron chi connectivity index (χ1n) is 12.7. The van der Waals surface area contributed by atoms with Crippen LogP contribution in [0, 0.1) is 11.7 Å². The summed E-state index contributed by atoms with van der Waals surface area (Å²) in [4.78, 5) is 39.4. The van der Waals surface area contributed by atoms with Gasteiger partial charge in [-0.2, -0.15) is 0 Å². The Morgan fingerprint density at radius 2 is 1.57 bits per heavy atom. The highest BCUT2D eigenvalue weighted by Gasteiger charge is 2.36. The van der Waals surface area contributed by atoms with E-state index in [0.29, 0.717) is 17.0 Å². The average Bonchev–Trinajstić information content (AvgIpc) is 3.38. The third-order valence-electron chi connectivity index (χ3n) is 6.71. The predicted molar refractivity (Wildman–Crippen MR) is 150 cm³/mol. The van der Waals surface area contributed by atoms with E-state index in [1.807, 2.05) is 42.5 Å². The van der Waals surface area contributed by atoms with Crippen LogP contribution in [-0.2, 0) is 20.9 Å². The Hall–Kier alpha value is -4.49. The summed E-state index contributed by atoms with van der Waals surface area (Å²) in [5.41, 5.74) is 3.31. The maximum atomic E-state index is 14.0. The maximum Gasteiger partial charge on any atom is 0.311 e. The Balaban J connectivity index is 1.13. The standard InChI is InChI=1S/C32H25ClFNO5/c33-28-7-4-8-29(34)27(28)19-39-26-15-13-25(14-16-26)35-18-24(17-31(35)37)32(38)40-20-30(36)23-11-9-22(10-12-23)21-5-2-1-3-6-21/h1-16,24H,17-20H2/t24-/m1/s1. The fourth-order valence-electron chi connectivity index (χ4n) is 4.48. The number of amides is 1. The van der Waals surface area contributed by atoms with Gasteiger partial charge in [-0.15, -0.1) is 0 Å². The molecule has 0 radical (unpaired) electrons. The Bertz CT molecular complexity index is 1500. The molecule has 1 aliphatic heterocycles. The van der Waals surface area contributed by atoms with E-state index in [4.69, 9.17) is 21.1 Å². The summed E-state index contributed by atoms with van der Waals surface area (Å²) in [5, 5.41) is 0.278. The Kier molecular flexibility index (Phi) is 8.22. The van der Waals surface area contributed by atoms with Crippen molar-refractivity contribution in [3.8, 4) is 16.9 Å². The van der Waals surface area contributed by atoms with Crippen molar-refractivity contribution in [1.82, 2.24) is 0 Å². The van der Waals surface area contributed by atoms with E-state index in [1.54, 1.807) is 42.5 Å². The number of Topliss-reactive ketones (excluding diaryl/α,β-unsaturated/α-hetero) is 1. The molecule has 4 aromatic carbocycles. The molecule has 1 aliphatic rings. The minimum Gasteiger partial charge on any atom is -0.489 e. The lowest BCUT2D eigenvalue weighted by molar-refractivity contribution is -0.147. The molecular formula is C32H25ClFNO5. The Labute approximate surface area is 235 Å². The molecule has 0 spiro atoms. The number of rotatable bonds is 9. The lowest BCUT2D eigenvalue weighted by Crippen LogP contribution is -2.27. The minimum absolute atomic E-state index is 0.0111. The quantitative estimate of drug-likeness (QED) is 0.173. The van der Waals surface area contributed by atoms with Crippen LogP contribution in [0.1, 0.15) is 22.3 Å². The van der Waals surface area contributed by atoms with Gasteiger partial charge in [-0.3, -0.25) is 14.4 Å². The number of hydrogen-bond acceptors (Lipinski definition) is 5. The number of anilines is 1. The third kappa shape index (κ3) is 6.21. The van der Waals surface area contributed by atoms with Crippen LogP contribution in [0.3, 0.4) is 0 Å². The van der Waals surface area contributed by atoms with Crippen LogP contribution < -0.4 is 9.64 Å². The summed E-state index contributed by atoms with van der Waals surface area (Å²) in [5.74, 6) is -1.79. The van der Waals surface area contributed by atoms with Crippen molar-refractivity contribution in [2.45, 2.75) is 13.0 Å². The molecule has 202 valence electrons. The van der Waals surface area contributed by atoms with Gasteiger partial charge in [0, 0.05) is 29.8 Å². The lowest BCUT2D eigenvalue weighted by atomic mass is 10.0. The molecule has 8 heteroatoms. The zero-order valence-electron chi connectivity index (χ0n) is 21.4. The number of carbonyl (C=O) groups excluding carboxylic acids is 3. The van der Waals surface area contributed by atoms with Gasteiger partial charge >= 0.3 is 5.97 Å². The molecule has 0 aliphatic carbocycles. The molecule has 1 saturated heterocycles. The van der Waals surface area contributed by atoms with Gasteiger partial charge in [0.25, 0.3) is 0 Å². The van der Waals surface area contributed by atoms with Crippen LogP contribution in [0.15, 0.2) is 97.1 Å². The third-order valence-corrected chi connectivity index (χ3v) is 7.07. The topological polar surface area (TPSA) is 72.9 Å². The number of ether oxygens (including phenoxy) is 2. The number of ketones is 1. The molecule has 1 atom stereocenters. The highest BCUT2D eigenvalue weighted by Crippen LogP contribution is 2.29. The molecule has 5 rings (SSSR count). The normalized spacial score (nSPS) is 14.7. The predicted octanol–water partition coefficient (Wildman–Crippen LogP) is 6.50. The molecule has 4 aromatic rings.